The molecule has 1 aliphatic rings. The number of fused-ring (bicyclic) bond motifs is 1. The first kappa shape index (κ1) is 19.9. The van der Waals surface area contributed by atoms with Crippen molar-refractivity contribution in [2.75, 3.05) is 13.2 Å². The fraction of sp³-hybridized carbons (Fsp3) is 0.391. The van der Waals surface area contributed by atoms with Gasteiger partial charge in [0.1, 0.15) is 5.75 Å². The van der Waals surface area contributed by atoms with Gasteiger partial charge in [-0.3, -0.25) is 4.79 Å². The maximum atomic E-state index is 12.2. The molecule has 3 rings (SSSR count). The van der Waals surface area contributed by atoms with Crippen LogP contribution in [0.25, 0.3) is 0 Å². The Balaban J connectivity index is 1.42. The predicted octanol–water partition coefficient (Wildman–Crippen LogP) is 3.93. The molecule has 0 heterocycles. The minimum Gasteiger partial charge on any atom is -0.482 e. The van der Waals surface area contributed by atoms with Gasteiger partial charge in [-0.05, 0) is 54.0 Å². The molecule has 2 aromatic carbocycles. The Bertz CT molecular complexity index is 814. The molecular weight excluding hydrogens is 354 g/mol. The molecule has 1 atom stereocenters. The molecule has 0 saturated heterocycles. The second kappa shape index (κ2) is 9.40. The molecule has 0 saturated carbocycles. The molecule has 1 amide bonds. The van der Waals surface area contributed by atoms with Crippen LogP contribution in [0.1, 0.15) is 55.3 Å². The molecule has 0 unspecified atom stereocenters. The van der Waals surface area contributed by atoms with Crippen molar-refractivity contribution in [3.05, 3.63) is 65.2 Å². The van der Waals surface area contributed by atoms with E-state index in [1.54, 1.807) is 0 Å². The summed E-state index contributed by atoms with van der Waals surface area (Å²) in [5.41, 5.74) is 3.63. The molecule has 1 N–H and O–H groups in total. The summed E-state index contributed by atoms with van der Waals surface area (Å²) in [6, 6.07) is 15.7. The molecule has 28 heavy (non-hydrogen) atoms. The van der Waals surface area contributed by atoms with Gasteiger partial charge in [-0.1, -0.05) is 50.2 Å². The zero-order valence-corrected chi connectivity index (χ0v) is 16.4. The van der Waals surface area contributed by atoms with Gasteiger partial charge in [-0.2, -0.15) is 0 Å². The van der Waals surface area contributed by atoms with E-state index in [0.717, 1.165) is 24.8 Å². The van der Waals surface area contributed by atoms with Crippen molar-refractivity contribution >= 4 is 11.9 Å². The predicted molar refractivity (Wildman–Crippen MR) is 107 cm³/mol. The average Bonchev–Trinajstić information content (AvgIpc) is 2.71. The fourth-order valence-electron chi connectivity index (χ4n) is 3.42. The summed E-state index contributed by atoms with van der Waals surface area (Å²) in [6.45, 7) is 3.71. The van der Waals surface area contributed by atoms with Crippen LogP contribution < -0.4 is 10.1 Å². The Morgan fingerprint density at radius 1 is 1.07 bits per heavy atom. The maximum Gasteiger partial charge on any atom is 0.344 e. The Hall–Kier alpha value is -2.82. The first-order valence-corrected chi connectivity index (χ1v) is 9.78. The summed E-state index contributed by atoms with van der Waals surface area (Å²) in [7, 11) is 0. The van der Waals surface area contributed by atoms with Crippen LogP contribution in [0.15, 0.2) is 48.5 Å². The molecule has 0 aliphatic heterocycles. The first-order valence-electron chi connectivity index (χ1n) is 9.78. The monoisotopic (exact) mass is 381 g/mol. The highest BCUT2D eigenvalue weighted by atomic mass is 16.6. The van der Waals surface area contributed by atoms with Crippen LogP contribution in [-0.4, -0.2) is 25.1 Å². The van der Waals surface area contributed by atoms with Crippen molar-refractivity contribution in [2.24, 2.45) is 0 Å². The van der Waals surface area contributed by atoms with Crippen LogP contribution in [0, 0.1) is 0 Å². The van der Waals surface area contributed by atoms with E-state index >= 15 is 0 Å². The lowest BCUT2D eigenvalue weighted by molar-refractivity contribution is -0.150. The quantitative estimate of drug-likeness (QED) is 0.738. The number of esters is 1. The van der Waals surface area contributed by atoms with Crippen LogP contribution in [0.5, 0.6) is 5.75 Å². The van der Waals surface area contributed by atoms with Gasteiger partial charge in [0, 0.05) is 0 Å². The van der Waals surface area contributed by atoms with E-state index in [1.807, 2.05) is 42.5 Å². The van der Waals surface area contributed by atoms with Crippen LogP contribution in [0.4, 0.5) is 0 Å². The van der Waals surface area contributed by atoms with Crippen LogP contribution in [0.3, 0.4) is 0 Å². The molecule has 5 heteroatoms. The topological polar surface area (TPSA) is 64.6 Å². The molecule has 0 aromatic heterocycles. The summed E-state index contributed by atoms with van der Waals surface area (Å²) in [4.78, 5) is 24.0. The molecule has 5 nitrogen and oxygen atoms in total. The van der Waals surface area contributed by atoms with E-state index in [0.29, 0.717) is 11.7 Å². The number of amides is 1. The highest BCUT2D eigenvalue weighted by Crippen LogP contribution is 2.29. The molecule has 0 radical (unpaired) electrons. The molecule has 0 spiro atoms. The number of carbonyl (C=O) groups excluding carboxylic acids is 2. The van der Waals surface area contributed by atoms with Crippen molar-refractivity contribution < 1.29 is 19.1 Å². The van der Waals surface area contributed by atoms with Crippen molar-refractivity contribution in [3.63, 3.8) is 0 Å². The second-order valence-corrected chi connectivity index (χ2v) is 7.38. The lowest BCUT2D eigenvalue weighted by Crippen LogP contribution is -2.34. The van der Waals surface area contributed by atoms with E-state index in [2.05, 4.69) is 25.2 Å². The number of carbonyl (C=O) groups is 2. The normalized spacial score (nSPS) is 15.6. The second-order valence-electron chi connectivity index (χ2n) is 7.38. The van der Waals surface area contributed by atoms with Gasteiger partial charge >= 0.3 is 5.97 Å². The van der Waals surface area contributed by atoms with Gasteiger partial charge in [0.05, 0.1) is 6.04 Å². The van der Waals surface area contributed by atoms with Crippen LogP contribution >= 0.6 is 0 Å². The minimum absolute atomic E-state index is 0.0214. The lowest BCUT2D eigenvalue weighted by Gasteiger charge is -2.26. The summed E-state index contributed by atoms with van der Waals surface area (Å²) in [5.74, 6) is 0.182. The Morgan fingerprint density at radius 3 is 2.57 bits per heavy atom. The minimum atomic E-state index is -0.563. The van der Waals surface area contributed by atoms with Gasteiger partial charge in [-0.25, -0.2) is 4.79 Å². The standard InChI is InChI=1S/C23H27NO4/c1-16(2)17-10-12-19(13-11-17)27-15-23(26)28-14-22(25)24-21-9-5-7-18-6-3-4-8-20(18)21/h3-4,6,8,10-13,16,21H,5,7,9,14-15H2,1-2H3,(H,24,25)/t21-/m1/s1. The third kappa shape index (κ3) is 5.35. The molecule has 148 valence electrons. The molecular formula is C23H27NO4. The zero-order chi connectivity index (χ0) is 19.9. The van der Waals surface area contributed by atoms with E-state index in [4.69, 9.17) is 9.47 Å². The highest BCUT2D eigenvalue weighted by molar-refractivity contribution is 5.81. The summed E-state index contributed by atoms with van der Waals surface area (Å²) >= 11 is 0. The zero-order valence-electron chi connectivity index (χ0n) is 16.4. The van der Waals surface area contributed by atoms with Crippen molar-refractivity contribution in [2.45, 2.75) is 45.1 Å². The first-order chi connectivity index (χ1) is 13.5. The SMILES string of the molecule is CC(C)c1ccc(OCC(=O)OCC(=O)N[C@@H]2CCCc3ccccc32)cc1. The van der Waals surface area contributed by atoms with E-state index in [9.17, 15) is 9.59 Å². The summed E-state index contributed by atoms with van der Waals surface area (Å²) < 4.78 is 10.5. The van der Waals surface area contributed by atoms with Gasteiger partial charge in [0.15, 0.2) is 13.2 Å². The summed E-state index contributed by atoms with van der Waals surface area (Å²) in [6.07, 6.45) is 2.96. The van der Waals surface area contributed by atoms with E-state index < -0.39 is 5.97 Å². The Morgan fingerprint density at radius 2 is 1.82 bits per heavy atom. The number of ether oxygens (including phenoxy) is 2. The molecule has 0 bridgehead atoms. The molecule has 2 aromatic rings. The van der Waals surface area contributed by atoms with E-state index in [1.165, 1.54) is 11.1 Å². The molecule has 0 fully saturated rings. The fourth-order valence-corrected chi connectivity index (χ4v) is 3.42. The van der Waals surface area contributed by atoms with Crippen molar-refractivity contribution in [1.29, 1.82) is 0 Å². The van der Waals surface area contributed by atoms with Crippen LogP contribution in [0.2, 0.25) is 0 Å². The highest BCUT2D eigenvalue weighted by Gasteiger charge is 2.21. The number of rotatable bonds is 7. The largest absolute Gasteiger partial charge is 0.482 e. The van der Waals surface area contributed by atoms with Gasteiger partial charge in [-0.15, -0.1) is 0 Å². The number of nitrogens with one attached hydrogen (secondary N) is 1. The van der Waals surface area contributed by atoms with E-state index in [-0.39, 0.29) is 25.2 Å². The average molecular weight is 381 g/mol. The van der Waals surface area contributed by atoms with Gasteiger partial charge < -0.3 is 14.8 Å². The smallest absolute Gasteiger partial charge is 0.344 e. The third-order valence-corrected chi connectivity index (χ3v) is 4.97. The van der Waals surface area contributed by atoms with Gasteiger partial charge in [0.25, 0.3) is 5.91 Å². The maximum absolute atomic E-state index is 12.2. The van der Waals surface area contributed by atoms with Crippen LogP contribution in [-0.2, 0) is 20.7 Å². The Labute approximate surface area is 166 Å². The Kier molecular flexibility index (Phi) is 6.69. The molecule has 1 aliphatic carbocycles. The number of hydrogen-bond acceptors (Lipinski definition) is 4. The third-order valence-electron chi connectivity index (χ3n) is 4.97. The number of aryl methyl sites for hydroxylation is 1. The van der Waals surface area contributed by atoms with Crippen molar-refractivity contribution in [3.8, 4) is 5.75 Å². The van der Waals surface area contributed by atoms with Crippen molar-refractivity contribution in [1.82, 2.24) is 5.32 Å². The number of hydrogen-bond donors (Lipinski definition) is 1. The summed E-state index contributed by atoms with van der Waals surface area (Å²) in [5, 5.41) is 2.96. The lowest BCUT2D eigenvalue weighted by atomic mass is 9.88. The number of benzene rings is 2. The van der Waals surface area contributed by atoms with Gasteiger partial charge in [0.2, 0.25) is 0 Å².